The molecule has 7 aromatic rings. The first-order valence-electron chi connectivity index (χ1n) is 13.4. The molecule has 192 valence electrons. The molecule has 0 fully saturated rings. The SMILES string of the molecule is N=C1C=Cc2ccc3ccc(-c4nc(-c5ccccc5)nc(-n5c6ccccc6c6ccccc65)n4)cc3c2C1=N. The van der Waals surface area contributed by atoms with E-state index in [0.29, 0.717) is 17.6 Å². The van der Waals surface area contributed by atoms with E-state index in [1.165, 1.54) is 0 Å². The summed E-state index contributed by atoms with van der Waals surface area (Å²) in [6.45, 7) is 0. The maximum absolute atomic E-state index is 8.64. The molecule has 2 aromatic heterocycles. The Hall–Kier alpha value is -5.75. The molecule has 0 unspecified atom stereocenters. The Morgan fingerprint density at radius 1 is 0.537 bits per heavy atom. The van der Waals surface area contributed by atoms with Crippen LogP contribution in [-0.4, -0.2) is 30.9 Å². The molecule has 0 bridgehead atoms. The molecule has 2 heterocycles. The quantitative estimate of drug-likeness (QED) is 0.245. The van der Waals surface area contributed by atoms with E-state index in [2.05, 4.69) is 47.0 Å². The summed E-state index contributed by atoms with van der Waals surface area (Å²) in [6.07, 6.45) is 3.58. The lowest BCUT2D eigenvalue weighted by atomic mass is 9.89. The van der Waals surface area contributed by atoms with Crippen molar-refractivity contribution in [1.29, 1.82) is 10.8 Å². The fourth-order valence-corrected chi connectivity index (χ4v) is 5.73. The molecule has 0 amide bonds. The van der Waals surface area contributed by atoms with Crippen molar-refractivity contribution in [3.63, 3.8) is 0 Å². The maximum Gasteiger partial charge on any atom is 0.238 e. The van der Waals surface area contributed by atoms with Gasteiger partial charge in [-0.1, -0.05) is 97.1 Å². The zero-order valence-corrected chi connectivity index (χ0v) is 21.8. The van der Waals surface area contributed by atoms with E-state index in [-0.39, 0.29) is 11.4 Å². The number of aromatic nitrogens is 4. The summed E-state index contributed by atoms with van der Waals surface area (Å²) >= 11 is 0. The predicted octanol–water partition coefficient (Wildman–Crippen LogP) is 7.87. The molecule has 0 radical (unpaired) electrons. The smallest absolute Gasteiger partial charge is 0.238 e. The van der Waals surface area contributed by atoms with Crippen molar-refractivity contribution in [1.82, 2.24) is 19.5 Å². The van der Waals surface area contributed by atoms with Crippen LogP contribution in [0.15, 0.2) is 115 Å². The first-order valence-corrected chi connectivity index (χ1v) is 13.4. The number of hydrogen-bond donors (Lipinski definition) is 2. The number of rotatable bonds is 3. The molecule has 8 rings (SSSR count). The third kappa shape index (κ3) is 3.62. The summed E-state index contributed by atoms with van der Waals surface area (Å²) in [5, 5.41) is 21.1. The first-order chi connectivity index (χ1) is 20.2. The van der Waals surface area contributed by atoms with Crippen molar-refractivity contribution in [2.45, 2.75) is 0 Å². The van der Waals surface area contributed by atoms with Crippen LogP contribution >= 0.6 is 0 Å². The molecule has 1 aliphatic carbocycles. The van der Waals surface area contributed by atoms with Gasteiger partial charge in [0, 0.05) is 27.5 Å². The summed E-state index contributed by atoms with van der Waals surface area (Å²) in [7, 11) is 0. The van der Waals surface area contributed by atoms with E-state index < -0.39 is 0 Å². The fourth-order valence-electron chi connectivity index (χ4n) is 5.73. The number of para-hydroxylation sites is 2. The number of nitrogens with zero attached hydrogens (tertiary/aromatic N) is 4. The molecule has 0 aliphatic heterocycles. The van der Waals surface area contributed by atoms with Crippen LogP contribution in [0.1, 0.15) is 11.1 Å². The zero-order valence-electron chi connectivity index (χ0n) is 21.8. The Morgan fingerprint density at radius 2 is 1.17 bits per heavy atom. The van der Waals surface area contributed by atoms with E-state index in [4.69, 9.17) is 25.8 Å². The summed E-state index contributed by atoms with van der Waals surface area (Å²) in [4.78, 5) is 15.0. The van der Waals surface area contributed by atoms with Crippen molar-refractivity contribution in [3.8, 4) is 28.7 Å². The Kier molecular flexibility index (Phi) is 5.02. The van der Waals surface area contributed by atoms with Gasteiger partial charge in [0.25, 0.3) is 0 Å². The van der Waals surface area contributed by atoms with Gasteiger partial charge in [0.05, 0.1) is 22.5 Å². The molecule has 6 heteroatoms. The van der Waals surface area contributed by atoms with Crippen LogP contribution in [0.3, 0.4) is 0 Å². The highest BCUT2D eigenvalue weighted by Gasteiger charge is 2.20. The number of hydrogen-bond acceptors (Lipinski definition) is 5. The van der Waals surface area contributed by atoms with Gasteiger partial charge < -0.3 is 0 Å². The zero-order chi connectivity index (χ0) is 27.5. The molecular formula is C35H22N6. The van der Waals surface area contributed by atoms with E-state index in [1.54, 1.807) is 6.08 Å². The van der Waals surface area contributed by atoms with Crippen LogP contribution in [0.5, 0.6) is 0 Å². The average Bonchev–Trinajstić information content (AvgIpc) is 3.37. The van der Waals surface area contributed by atoms with Crippen LogP contribution in [0.4, 0.5) is 0 Å². The minimum atomic E-state index is 0.204. The molecule has 0 spiro atoms. The van der Waals surface area contributed by atoms with Gasteiger partial charge in [0.15, 0.2) is 11.6 Å². The number of nitrogens with one attached hydrogen (secondary N) is 2. The van der Waals surface area contributed by atoms with Crippen LogP contribution in [0.25, 0.3) is 67.4 Å². The number of fused-ring (bicyclic) bond motifs is 6. The molecule has 5 aromatic carbocycles. The summed E-state index contributed by atoms with van der Waals surface area (Å²) < 4.78 is 2.10. The van der Waals surface area contributed by atoms with E-state index in [9.17, 15) is 0 Å². The maximum atomic E-state index is 8.64. The lowest BCUT2D eigenvalue weighted by molar-refractivity contribution is 0.953. The van der Waals surface area contributed by atoms with Crippen molar-refractivity contribution in [2.75, 3.05) is 0 Å². The Bertz CT molecular complexity index is 2190. The highest BCUT2D eigenvalue weighted by molar-refractivity contribution is 6.53. The second-order valence-corrected chi connectivity index (χ2v) is 10.1. The fraction of sp³-hybridized carbons (Fsp3) is 0. The van der Waals surface area contributed by atoms with Crippen LogP contribution in [0.2, 0.25) is 0 Å². The molecule has 6 nitrogen and oxygen atoms in total. The van der Waals surface area contributed by atoms with Gasteiger partial charge in [-0.15, -0.1) is 0 Å². The predicted molar refractivity (Wildman–Crippen MR) is 166 cm³/mol. The van der Waals surface area contributed by atoms with E-state index in [0.717, 1.165) is 54.8 Å². The van der Waals surface area contributed by atoms with Crippen molar-refractivity contribution in [2.24, 2.45) is 0 Å². The number of benzene rings is 5. The van der Waals surface area contributed by atoms with Gasteiger partial charge in [0.2, 0.25) is 5.95 Å². The highest BCUT2D eigenvalue weighted by Crippen LogP contribution is 2.34. The van der Waals surface area contributed by atoms with Crippen LogP contribution in [0, 0.1) is 10.8 Å². The Labute approximate surface area is 235 Å². The Morgan fingerprint density at radius 3 is 1.90 bits per heavy atom. The molecule has 1 aliphatic rings. The third-order valence-corrected chi connectivity index (χ3v) is 7.70. The minimum absolute atomic E-state index is 0.204. The minimum Gasteiger partial charge on any atom is -0.299 e. The highest BCUT2D eigenvalue weighted by atomic mass is 15.2. The van der Waals surface area contributed by atoms with E-state index in [1.807, 2.05) is 72.8 Å². The molecule has 0 saturated carbocycles. The van der Waals surface area contributed by atoms with Crippen LogP contribution in [-0.2, 0) is 0 Å². The molecule has 0 saturated heterocycles. The molecular weight excluding hydrogens is 504 g/mol. The normalized spacial score (nSPS) is 12.9. The summed E-state index contributed by atoms with van der Waals surface area (Å²) in [6, 6.07) is 36.7. The third-order valence-electron chi connectivity index (χ3n) is 7.70. The number of allylic oxidation sites excluding steroid dienone is 1. The lowest BCUT2D eigenvalue weighted by Gasteiger charge is -2.16. The van der Waals surface area contributed by atoms with Crippen molar-refractivity contribution >= 4 is 50.1 Å². The van der Waals surface area contributed by atoms with Gasteiger partial charge >= 0.3 is 0 Å². The summed E-state index contributed by atoms with van der Waals surface area (Å²) in [5.41, 5.74) is 5.89. The van der Waals surface area contributed by atoms with Gasteiger partial charge in [-0.3, -0.25) is 15.4 Å². The summed E-state index contributed by atoms with van der Waals surface area (Å²) in [5.74, 6) is 1.67. The Balaban J connectivity index is 1.42. The van der Waals surface area contributed by atoms with Crippen molar-refractivity contribution in [3.05, 3.63) is 126 Å². The van der Waals surface area contributed by atoms with Crippen molar-refractivity contribution < 1.29 is 0 Å². The molecule has 0 atom stereocenters. The largest absolute Gasteiger partial charge is 0.299 e. The second-order valence-electron chi connectivity index (χ2n) is 10.1. The average molecular weight is 527 g/mol. The van der Waals surface area contributed by atoms with Gasteiger partial charge in [-0.05, 0) is 40.6 Å². The van der Waals surface area contributed by atoms with Gasteiger partial charge in [-0.2, -0.15) is 9.97 Å². The first kappa shape index (κ1) is 23.2. The monoisotopic (exact) mass is 526 g/mol. The van der Waals surface area contributed by atoms with Gasteiger partial charge in [0.1, 0.15) is 0 Å². The standard InChI is InChI=1S/C35H22N6/c36-28-19-18-22-16-14-21-15-17-24(20-27(21)31(22)32(28)37)34-38-33(23-8-2-1-3-9-23)39-35(40-34)41-29-12-6-4-10-25(29)26-11-5-7-13-30(26)41/h1-20,36-37H. The second kappa shape index (κ2) is 8.89. The molecule has 2 N–H and O–H groups in total. The van der Waals surface area contributed by atoms with Crippen LogP contribution < -0.4 is 0 Å². The lowest BCUT2D eigenvalue weighted by Crippen LogP contribution is -2.16. The van der Waals surface area contributed by atoms with Gasteiger partial charge in [-0.25, -0.2) is 4.98 Å². The molecule has 41 heavy (non-hydrogen) atoms. The van der Waals surface area contributed by atoms with E-state index >= 15 is 0 Å². The topological polar surface area (TPSA) is 91.3 Å².